The van der Waals surface area contributed by atoms with Gasteiger partial charge in [-0.15, -0.1) is 11.3 Å². The third-order valence-corrected chi connectivity index (χ3v) is 7.24. The van der Waals surface area contributed by atoms with Crippen molar-refractivity contribution in [2.45, 2.75) is 32.4 Å². The molecule has 0 spiro atoms. The van der Waals surface area contributed by atoms with Gasteiger partial charge in [0.05, 0.1) is 26.3 Å². The van der Waals surface area contributed by atoms with Crippen molar-refractivity contribution in [2.24, 2.45) is 5.92 Å². The topological polar surface area (TPSA) is 53.1 Å². The van der Waals surface area contributed by atoms with Crippen LogP contribution in [0.3, 0.4) is 0 Å². The van der Waals surface area contributed by atoms with Crippen molar-refractivity contribution in [3.05, 3.63) is 58.3 Å². The largest absolute Gasteiger partial charge is 0.379 e. The summed E-state index contributed by atoms with van der Waals surface area (Å²) in [6.45, 7) is 5.90. The van der Waals surface area contributed by atoms with E-state index in [-0.39, 0.29) is 24.3 Å². The van der Waals surface area contributed by atoms with Gasteiger partial charge in [-0.25, -0.2) is 0 Å². The molecule has 1 aromatic heterocycles. The first-order chi connectivity index (χ1) is 15.7. The van der Waals surface area contributed by atoms with Crippen molar-refractivity contribution in [1.29, 1.82) is 0 Å². The normalized spacial score (nSPS) is 17.0. The zero-order chi connectivity index (χ0) is 22.2. The fourth-order valence-corrected chi connectivity index (χ4v) is 4.88. The van der Waals surface area contributed by atoms with Crippen LogP contribution in [0.25, 0.3) is 0 Å². The van der Waals surface area contributed by atoms with Crippen LogP contribution in [0.15, 0.2) is 47.8 Å². The highest BCUT2D eigenvalue weighted by molar-refractivity contribution is 7.09. The van der Waals surface area contributed by atoms with E-state index in [4.69, 9.17) is 4.74 Å². The Kier molecular flexibility index (Phi) is 8.31. The molecule has 0 unspecified atom stereocenters. The molecular formula is C25H33N3O3S. The van der Waals surface area contributed by atoms with Crippen LogP contribution in [-0.4, -0.2) is 72.5 Å². The van der Waals surface area contributed by atoms with Gasteiger partial charge in [0, 0.05) is 43.5 Å². The maximum Gasteiger partial charge on any atom is 0.242 e. The molecule has 0 bridgehead atoms. The van der Waals surface area contributed by atoms with Gasteiger partial charge in [-0.1, -0.05) is 42.8 Å². The van der Waals surface area contributed by atoms with E-state index in [1.807, 2.05) is 51.6 Å². The zero-order valence-corrected chi connectivity index (χ0v) is 19.5. The molecule has 172 valence electrons. The summed E-state index contributed by atoms with van der Waals surface area (Å²) in [4.78, 5) is 33.8. The van der Waals surface area contributed by atoms with Crippen molar-refractivity contribution in [2.75, 3.05) is 45.9 Å². The molecule has 2 aromatic rings. The number of ether oxygens (including phenoxy) is 1. The molecular weight excluding hydrogens is 422 g/mol. The van der Waals surface area contributed by atoms with Gasteiger partial charge in [0.1, 0.15) is 0 Å². The fourth-order valence-electron chi connectivity index (χ4n) is 4.16. The molecule has 1 saturated carbocycles. The Morgan fingerprint density at radius 3 is 2.44 bits per heavy atom. The molecule has 0 N–H and O–H groups in total. The zero-order valence-electron chi connectivity index (χ0n) is 18.7. The molecule has 2 amide bonds. The number of benzene rings is 1. The van der Waals surface area contributed by atoms with Gasteiger partial charge in [-0.05, 0) is 29.9 Å². The lowest BCUT2D eigenvalue weighted by Gasteiger charge is -2.35. The van der Waals surface area contributed by atoms with Crippen molar-refractivity contribution < 1.29 is 14.3 Å². The predicted molar refractivity (Wildman–Crippen MR) is 126 cm³/mol. The van der Waals surface area contributed by atoms with Crippen LogP contribution in [0.5, 0.6) is 0 Å². The van der Waals surface area contributed by atoms with E-state index in [2.05, 4.69) is 11.0 Å². The number of thiophene rings is 1. The summed E-state index contributed by atoms with van der Waals surface area (Å²) < 4.78 is 5.44. The standard InChI is InChI=1S/C25H33N3O3S/c29-24(28(19-23-10-5-17-32-23)18-21-6-2-1-3-7-21)20-27(25(30)22-8-4-9-22)12-11-26-13-15-31-16-14-26/h1-3,5-7,10,17,22H,4,8-9,11-16,18-20H2. The third kappa shape index (κ3) is 6.40. The molecule has 2 heterocycles. The minimum Gasteiger partial charge on any atom is -0.379 e. The average Bonchev–Trinajstić information content (AvgIpc) is 3.29. The van der Waals surface area contributed by atoms with Crippen LogP contribution >= 0.6 is 11.3 Å². The van der Waals surface area contributed by atoms with Gasteiger partial charge in [0.15, 0.2) is 0 Å². The highest BCUT2D eigenvalue weighted by Gasteiger charge is 2.31. The smallest absolute Gasteiger partial charge is 0.242 e. The van der Waals surface area contributed by atoms with Gasteiger partial charge < -0.3 is 14.5 Å². The van der Waals surface area contributed by atoms with Crippen LogP contribution in [0.2, 0.25) is 0 Å². The maximum atomic E-state index is 13.5. The summed E-state index contributed by atoms with van der Waals surface area (Å²) in [5.74, 6) is 0.248. The Morgan fingerprint density at radius 2 is 1.78 bits per heavy atom. The number of carbonyl (C=O) groups is 2. The lowest BCUT2D eigenvalue weighted by Crippen LogP contribution is -2.49. The number of amides is 2. The molecule has 0 atom stereocenters. The van der Waals surface area contributed by atoms with Crippen LogP contribution in [0, 0.1) is 5.92 Å². The highest BCUT2D eigenvalue weighted by Crippen LogP contribution is 2.28. The maximum absolute atomic E-state index is 13.5. The van der Waals surface area contributed by atoms with E-state index in [0.717, 1.165) is 62.6 Å². The van der Waals surface area contributed by atoms with Crippen LogP contribution in [0.1, 0.15) is 29.7 Å². The summed E-state index contributed by atoms with van der Waals surface area (Å²) in [5.41, 5.74) is 1.10. The molecule has 1 saturated heterocycles. The molecule has 1 aliphatic heterocycles. The molecule has 4 rings (SSSR count). The van der Waals surface area contributed by atoms with Crippen LogP contribution < -0.4 is 0 Å². The minimum absolute atomic E-state index is 0.0110. The molecule has 2 aliphatic rings. The van der Waals surface area contributed by atoms with E-state index in [9.17, 15) is 9.59 Å². The van der Waals surface area contributed by atoms with Crippen molar-refractivity contribution in [1.82, 2.24) is 14.7 Å². The fraction of sp³-hybridized carbons (Fsp3) is 0.520. The number of rotatable bonds is 10. The minimum atomic E-state index is 0.0110. The molecule has 0 radical (unpaired) electrons. The number of nitrogens with zero attached hydrogens (tertiary/aromatic N) is 3. The van der Waals surface area contributed by atoms with Crippen molar-refractivity contribution in [3.63, 3.8) is 0 Å². The lowest BCUT2D eigenvalue weighted by atomic mass is 9.84. The lowest BCUT2D eigenvalue weighted by molar-refractivity contribution is -0.145. The first kappa shape index (κ1) is 23.0. The first-order valence-electron chi connectivity index (χ1n) is 11.6. The second-order valence-electron chi connectivity index (χ2n) is 8.66. The van der Waals surface area contributed by atoms with Gasteiger partial charge in [-0.2, -0.15) is 0 Å². The molecule has 1 aromatic carbocycles. The van der Waals surface area contributed by atoms with Gasteiger partial charge >= 0.3 is 0 Å². The molecule has 32 heavy (non-hydrogen) atoms. The number of carbonyl (C=O) groups excluding carboxylic acids is 2. The van der Waals surface area contributed by atoms with Crippen molar-refractivity contribution >= 4 is 23.2 Å². The summed E-state index contributed by atoms with van der Waals surface area (Å²) in [5, 5.41) is 2.04. The van der Waals surface area contributed by atoms with E-state index >= 15 is 0 Å². The Morgan fingerprint density at radius 1 is 1.00 bits per heavy atom. The molecule has 1 aliphatic carbocycles. The van der Waals surface area contributed by atoms with E-state index in [0.29, 0.717) is 19.6 Å². The van der Waals surface area contributed by atoms with E-state index in [1.54, 1.807) is 11.3 Å². The Bertz CT molecular complexity index is 849. The summed E-state index contributed by atoms with van der Waals surface area (Å²) >= 11 is 1.66. The number of hydrogen-bond donors (Lipinski definition) is 0. The molecule has 7 heteroatoms. The summed E-state index contributed by atoms with van der Waals surface area (Å²) in [7, 11) is 0. The third-order valence-electron chi connectivity index (χ3n) is 6.38. The Balaban J connectivity index is 1.43. The highest BCUT2D eigenvalue weighted by atomic mass is 32.1. The average molecular weight is 456 g/mol. The van der Waals surface area contributed by atoms with Gasteiger partial charge in [-0.3, -0.25) is 14.5 Å². The number of hydrogen-bond acceptors (Lipinski definition) is 5. The van der Waals surface area contributed by atoms with E-state index in [1.165, 1.54) is 0 Å². The Hall–Kier alpha value is -2.22. The Labute approximate surface area is 194 Å². The quantitative estimate of drug-likeness (QED) is 0.552. The van der Waals surface area contributed by atoms with Crippen LogP contribution in [-0.2, 0) is 27.4 Å². The van der Waals surface area contributed by atoms with Crippen molar-refractivity contribution in [3.8, 4) is 0 Å². The molecule has 6 nitrogen and oxygen atoms in total. The molecule has 2 fully saturated rings. The SMILES string of the molecule is O=C(CN(CCN1CCOCC1)C(=O)C1CCC1)N(Cc1ccccc1)Cc1cccs1. The van der Waals surface area contributed by atoms with Crippen LogP contribution in [0.4, 0.5) is 0 Å². The predicted octanol–water partition coefficient (Wildman–Crippen LogP) is 3.24. The monoisotopic (exact) mass is 455 g/mol. The van der Waals surface area contributed by atoms with Gasteiger partial charge in [0.25, 0.3) is 0 Å². The summed E-state index contributed by atoms with van der Waals surface area (Å²) in [6, 6.07) is 14.1. The second kappa shape index (κ2) is 11.6. The summed E-state index contributed by atoms with van der Waals surface area (Å²) in [6.07, 6.45) is 3.01. The number of morpholine rings is 1. The first-order valence-corrected chi connectivity index (χ1v) is 12.5. The van der Waals surface area contributed by atoms with E-state index < -0.39 is 0 Å². The van der Waals surface area contributed by atoms with Gasteiger partial charge in [0.2, 0.25) is 11.8 Å². The second-order valence-corrected chi connectivity index (χ2v) is 9.69.